The third-order valence-corrected chi connectivity index (χ3v) is 5.85. The molecular weight excluding hydrogens is 404 g/mol. The summed E-state index contributed by atoms with van der Waals surface area (Å²) in [6.07, 6.45) is 0. The minimum atomic E-state index is -3.76. The van der Waals surface area contributed by atoms with Crippen molar-refractivity contribution in [2.45, 2.75) is 11.8 Å². The average molecular weight is 426 g/mol. The predicted octanol–water partition coefficient (Wildman–Crippen LogP) is 4.07. The van der Waals surface area contributed by atoms with Gasteiger partial charge in [0.1, 0.15) is 17.1 Å². The highest BCUT2D eigenvalue weighted by atomic mass is 32.2. The Balaban J connectivity index is 1.80. The van der Waals surface area contributed by atoms with Crippen LogP contribution in [0.5, 0.6) is 11.5 Å². The van der Waals surface area contributed by atoms with Crippen LogP contribution in [0.1, 0.15) is 15.9 Å². The first-order valence-electron chi connectivity index (χ1n) is 9.06. The number of rotatable bonds is 7. The highest BCUT2D eigenvalue weighted by Gasteiger charge is 2.19. The van der Waals surface area contributed by atoms with Crippen LogP contribution in [0, 0.1) is 6.92 Å². The van der Waals surface area contributed by atoms with Crippen LogP contribution in [0.2, 0.25) is 0 Å². The Kier molecular flexibility index (Phi) is 6.27. The maximum absolute atomic E-state index is 12.7. The van der Waals surface area contributed by atoms with Crippen LogP contribution in [0.3, 0.4) is 0 Å². The second kappa shape index (κ2) is 8.87. The number of hydrogen-bond donors (Lipinski definition) is 2. The number of nitrogens with one attached hydrogen (secondary N) is 2. The normalized spacial score (nSPS) is 10.9. The molecule has 0 heterocycles. The van der Waals surface area contributed by atoms with Gasteiger partial charge in [0.15, 0.2) is 0 Å². The van der Waals surface area contributed by atoms with Crippen LogP contribution in [0.15, 0.2) is 71.6 Å². The lowest BCUT2D eigenvalue weighted by atomic mass is 10.1. The molecule has 0 bridgehead atoms. The first-order valence-corrected chi connectivity index (χ1v) is 10.5. The third-order valence-electron chi connectivity index (χ3n) is 4.47. The lowest BCUT2D eigenvalue weighted by Gasteiger charge is -2.13. The topological polar surface area (TPSA) is 93.7 Å². The minimum absolute atomic E-state index is 0.0821. The van der Waals surface area contributed by atoms with Gasteiger partial charge in [-0.2, -0.15) is 0 Å². The van der Waals surface area contributed by atoms with E-state index in [1.165, 1.54) is 38.5 Å². The molecule has 156 valence electrons. The number of anilines is 2. The monoisotopic (exact) mass is 426 g/mol. The van der Waals surface area contributed by atoms with E-state index in [4.69, 9.17) is 9.47 Å². The van der Waals surface area contributed by atoms with E-state index in [2.05, 4.69) is 10.0 Å². The molecule has 8 heteroatoms. The second-order valence-electron chi connectivity index (χ2n) is 6.44. The molecular formula is C22H22N2O5S. The fourth-order valence-corrected chi connectivity index (χ4v) is 4.01. The molecule has 0 fully saturated rings. The number of benzene rings is 3. The maximum Gasteiger partial charge on any atom is 0.263 e. The molecule has 0 atom stereocenters. The number of carbonyl (C=O) groups excluding carboxylic acids is 1. The number of aryl methyl sites for hydroxylation is 1. The molecule has 0 aliphatic heterocycles. The van der Waals surface area contributed by atoms with Crippen molar-refractivity contribution in [2.75, 3.05) is 24.3 Å². The smallest absolute Gasteiger partial charge is 0.263 e. The van der Waals surface area contributed by atoms with Gasteiger partial charge in [0.05, 0.1) is 24.8 Å². The van der Waals surface area contributed by atoms with E-state index >= 15 is 0 Å². The highest BCUT2D eigenvalue weighted by molar-refractivity contribution is 7.92. The van der Waals surface area contributed by atoms with Crippen molar-refractivity contribution in [2.24, 2.45) is 0 Å². The zero-order chi connectivity index (χ0) is 21.7. The van der Waals surface area contributed by atoms with Crippen molar-refractivity contribution in [1.29, 1.82) is 0 Å². The summed E-state index contributed by atoms with van der Waals surface area (Å²) in [6.45, 7) is 1.82. The zero-order valence-electron chi connectivity index (χ0n) is 16.8. The van der Waals surface area contributed by atoms with Crippen molar-refractivity contribution >= 4 is 27.3 Å². The molecule has 2 N–H and O–H groups in total. The Labute approximate surface area is 175 Å². The summed E-state index contributed by atoms with van der Waals surface area (Å²) in [6, 6.07) is 18.0. The van der Waals surface area contributed by atoms with Crippen molar-refractivity contribution in [3.05, 3.63) is 77.9 Å². The number of carbonyl (C=O) groups is 1. The van der Waals surface area contributed by atoms with E-state index in [0.29, 0.717) is 22.9 Å². The summed E-state index contributed by atoms with van der Waals surface area (Å²) in [5.41, 5.74) is 2.01. The molecule has 0 unspecified atom stereocenters. The molecule has 3 aromatic rings. The van der Waals surface area contributed by atoms with E-state index < -0.39 is 15.9 Å². The van der Waals surface area contributed by atoms with Gasteiger partial charge in [-0.15, -0.1) is 0 Å². The largest absolute Gasteiger partial charge is 0.496 e. The van der Waals surface area contributed by atoms with Gasteiger partial charge in [-0.05, 0) is 55.0 Å². The Hall–Kier alpha value is -3.52. The molecule has 3 aromatic carbocycles. The summed E-state index contributed by atoms with van der Waals surface area (Å²) in [7, 11) is -0.827. The summed E-state index contributed by atoms with van der Waals surface area (Å²) in [5.74, 6) is 0.305. The predicted molar refractivity (Wildman–Crippen MR) is 116 cm³/mol. The van der Waals surface area contributed by atoms with Gasteiger partial charge in [-0.25, -0.2) is 8.42 Å². The number of amides is 1. The number of para-hydroxylation sites is 1. The van der Waals surface area contributed by atoms with Crippen LogP contribution in [0.25, 0.3) is 0 Å². The Morgan fingerprint density at radius 3 is 2.00 bits per heavy atom. The molecule has 0 aromatic heterocycles. The lowest BCUT2D eigenvalue weighted by Crippen LogP contribution is -2.15. The molecule has 0 aliphatic rings. The first-order chi connectivity index (χ1) is 14.4. The van der Waals surface area contributed by atoms with Crippen LogP contribution in [-0.4, -0.2) is 28.5 Å². The van der Waals surface area contributed by atoms with Crippen molar-refractivity contribution in [3.63, 3.8) is 0 Å². The Bertz CT molecular complexity index is 1140. The first kappa shape index (κ1) is 21.2. The molecule has 0 spiro atoms. The van der Waals surface area contributed by atoms with Gasteiger partial charge < -0.3 is 14.8 Å². The van der Waals surface area contributed by atoms with E-state index in [1.807, 2.05) is 19.1 Å². The molecule has 1 amide bonds. The van der Waals surface area contributed by atoms with Gasteiger partial charge in [0.25, 0.3) is 15.9 Å². The van der Waals surface area contributed by atoms with Gasteiger partial charge in [0.2, 0.25) is 0 Å². The number of hydrogen-bond acceptors (Lipinski definition) is 5. The average Bonchev–Trinajstić information content (AvgIpc) is 2.75. The summed E-state index contributed by atoms with van der Waals surface area (Å²) in [5, 5.41) is 2.73. The van der Waals surface area contributed by atoms with E-state index in [1.54, 1.807) is 30.3 Å². The van der Waals surface area contributed by atoms with Crippen molar-refractivity contribution < 1.29 is 22.7 Å². The maximum atomic E-state index is 12.7. The summed E-state index contributed by atoms with van der Waals surface area (Å²) >= 11 is 0. The number of methoxy groups -OCH3 is 2. The Morgan fingerprint density at radius 1 is 0.833 bits per heavy atom. The second-order valence-corrected chi connectivity index (χ2v) is 8.12. The van der Waals surface area contributed by atoms with Crippen molar-refractivity contribution in [3.8, 4) is 11.5 Å². The van der Waals surface area contributed by atoms with Crippen LogP contribution in [-0.2, 0) is 10.0 Å². The molecule has 0 saturated carbocycles. The van der Waals surface area contributed by atoms with E-state index in [0.717, 1.165) is 5.56 Å². The molecule has 0 saturated heterocycles. The van der Waals surface area contributed by atoms with Gasteiger partial charge in [0, 0.05) is 5.69 Å². The Morgan fingerprint density at radius 2 is 1.43 bits per heavy atom. The fourth-order valence-electron chi connectivity index (χ4n) is 2.88. The zero-order valence-corrected chi connectivity index (χ0v) is 17.6. The van der Waals surface area contributed by atoms with Gasteiger partial charge in [-0.3, -0.25) is 9.52 Å². The summed E-state index contributed by atoms with van der Waals surface area (Å²) < 4.78 is 38.4. The number of ether oxygens (including phenoxy) is 2. The van der Waals surface area contributed by atoms with Crippen LogP contribution >= 0.6 is 0 Å². The van der Waals surface area contributed by atoms with Gasteiger partial charge in [-0.1, -0.05) is 24.3 Å². The standard InChI is InChI=1S/C22H22N2O5S/c1-15-7-4-5-8-18(15)24-30(26,27)17-13-11-16(12-14-17)23-22(25)21-19(28-2)9-6-10-20(21)29-3/h4-14,24H,1-3H3,(H,23,25). The number of sulfonamides is 1. The molecule has 0 aliphatic carbocycles. The fraction of sp³-hybridized carbons (Fsp3) is 0.136. The van der Waals surface area contributed by atoms with E-state index in [9.17, 15) is 13.2 Å². The van der Waals surface area contributed by atoms with Crippen LogP contribution in [0.4, 0.5) is 11.4 Å². The lowest BCUT2D eigenvalue weighted by molar-refractivity contribution is 0.102. The third kappa shape index (κ3) is 4.55. The minimum Gasteiger partial charge on any atom is -0.496 e. The molecule has 3 rings (SSSR count). The van der Waals surface area contributed by atoms with Crippen LogP contribution < -0.4 is 19.5 Å². The van der Waals surface area contributed by atoms with Crippen molar-refractivity contribution in [1.82, 2.24) is 0 Å². The highest BCUT2D eigenvalue weighted by Crippen LogP contribution is 2.29. The molecule has 0 radical (unpaired) electrons. The SMILES string of the molecule is COc1cccc(OC)c1C(=O)Nc1ccc(S(=O)(=O)Nc2ccccc2C)cc1. The summed E-state index contributed by atoms with van der Waals surface area (Å²) in [4.78, 5) is 12.8. The molecule has 30 heavy (non-hydrogen) atoms. The molecule has 7 nitrogen and oxygen atoms in total. The van der Waals surface area contributed by atoms with E-state index in [-0.39, 0.29) is 10.5 Å². The van der Waals surface area contributed by atoms with Gasteiger partial charge >= 0.3 is 0 Å². The quantitative estimate of drug-likeness (QED) is 0.594.